The number of rotatable bonds is 1. The minimum atomic E-state index is -0.0451. The molecular formula is C7H16N2O. The second kappa shape index (κ2) is 2.86. The fourth-order valence-electron chi connectivity index (χ4n) is 1.25. The lowest BCUT2D eigenvalue weighted by Gasteiger charge is -2.45. The molecule has 1 rings (SSSR count). The molecule has 0 aromatic heterocycles. The molecule has 1 aliphatic heterocycles. The Morgan fingerprint density at radius 3 is 2.30 bits per heavy atom. The van der Waals surface area contributed by atoms with Crippen molar-refractivity contribution in [3.05, 3.63) is 5.21 Å². The molecule has 3 nitrogen and oxygen atoms in total. The quantitative estimate of drug-likeness (QED) is 0.390. The summed E-state index contributed by atoms with van der Waals surface area (Å²) in [5, 5.41) is 11.3. The van der Waals surface area contributed by atoms with Gasteiger partial charge in [0.2, 0.25) is 0 Å². The molecule has 1 fully saturated rings. The lowest BCUT2D eigenvalue weighted by Crippen LogP contribution is -2.53. The van der Waals surface area contributed by atoms with E-state index in [1.165, 1.54) is 0 Å². The van der Waals surface area contributed by atoms with E-state index in [9.17, 15) is 5.21 Å². The van der Waals surface area contributed by atoms with Crippen LogP contribution in [0.25, 0.3) is 0 Å². The van der Waals surface area contributed by atoms with Crippen molar-refractivity contribution >= 4 is 0 Å². The zero-order valence-corrected chi connectivity index (χ0v) is 6.84. The van der Waals surface area contributed by atoms with Gasteiger partial charge >= 0.3 is 0 Å². The van der Waals surface area contributed by atoms with E-state index in [4.69, 9.17) is 0 Å². The number of quaternary nitrogens is 1. The van der Waals surface area contributed by atoms with Gasteiger partial charge in [0.1, 0.15) is 0 Å². The van der Waals surface area contributed by atoms with Crippen molar-refractivity contribution in [3.8, 4) is 0 Å². The van der Waals surface area contributed by atoms with E-state index < -0.39 is 0 Å². The van der Waals surface area contributed by atoms with Crippen molar-refractivity contribution < 1.29 is 4.65 Å². The van der Waals surface area contributed by atoms with E-state index in [2.05, 4.69) is 11.8 Å². The maximum Gasteiger partial charge on any atom is 0.0911 e. The Labute approximate surface area is 62.4 Å². The highest BCUT2D eigenvalue weighted by Crippen LogP contribution is 2.06. The Hall–Kier alpha value is -0.120. The molecule has 0 aromatic carbocycles. The van der Waals surface area contributed by atoms with Crippen LogP contribution < -0.4 is 0 Å². The summed E-state index contributed by atoms with van der Waals surface area (Å²) in [6, 6.07) is 0. The van der Waals surface area contributed by atoms with Gasteiger partial charge in [-0.15, -0.1) is 0 Å². The number of piperazine rings is 1. The van der Waals surface area contributed by atoms with Crippen LogP contribution in [0.3, 0.4) is 0 Å². The van der Waals surface area contributed by atoms with E-state index in [-0.39, 0.29) is 4.65 Å². The lowest BCUT2D eigenvalue weighted by molar-refractivity contribution is -0.865. The van der Waals surface area contributed by atoms with Crippen molar-refractivity contribution in [1.29, 1.82) is 0 Å². The third-order valence-electron chi connectivity index (χ3n) is 2.23. The van der Waals surface area contributed by atoms with Gasteiger partial charge in [0.15, 0.2) is 0 Å². The fraction of sp³-hybridized carbons (Fsp3) is 1.00. The normalized spacial score (nSPS) is 26.7. The van der Waals surface area contributed by atoms with Crippen LogP contribution in [0.15, 0.2) is 0 Å². The largest absolute Gasteiger partial charge is 0.633 e. The van der Waals surface area contributed by atoms with Gasteiger partial charge in [-0.25, -0.2) is 0 Å². The maximum atomic E-state index is 11.3. The molecule has 0 unspecified atom stereocenters. The summed E-state index contributed by atoms with van der Waals surface area (Å²) in [6.45, 7) is 6.68. The first-order valence-corrected chi connectivity index (χ1v) is 3.92. The summed E-state index contributed by atoms with van der Waals surface area (Å²) in [6.07, 6.45) is 0. The van der Waals surface area contributed by atoms with Crippen LogP contribution in [0.5, 0.6) is 0 Å². The van der Waals surface area contributed by atoms with Gasteiger partial charge in [0, 0.05) is 13.1 Å². The van der Waals surface area contributed by atoms with E-state index in [0.29, 0.717) is 0 Å². The number of hydrogen-bond acceptors (Lipinski definition) is 2. The van der Waals surface area contributed by atoms with Gasteiger partial charge in [0.25, 0.3) is 0 Å². The molecule has 10 heavy (non-hydrogen) atoms. The zero-order chi connectivity index (χ0) is 7.61. The average Bonchev–Trinajstić information content (AvgIpc) is 1.88. The second-order valence-corrected chi connectivity index (χ2v) is 3.18. The lowest BCUT2D eigenvalue weighted by atomic mass is 10.3. The second-order valence-electron chi connectivity index (χ2n) is 3.18. The Morgan fingerprint density at radius 1 is 1.40 bits per heavy atom. The molecule has 0 saturated carbocycles. The van der Waals surface area contributed by atoms with Crippen LogP contribution in [0.4, 0.5) is 0 Å². The summed E-state index contributed by atoms with van der Waals surface area (Å²) in [5.74, 6) is 0. The molecule has 0 radical (unpaired) electrons. The molecule has 0 atom stereocenters. The summed E-state index contributed by atoms with van der Waals surface area (Å²) < 4.78 is -0.0451. The molecule has 3 heteroatoms. The van der Waals surface area contributed by atoms with Crippen molar-refractivity contribution in [2.24, 2.45) is 0 Å². The predicted molar refractivity (Wildman–Crippen MR) is 41.4 cm³/mol. The first-order chi connectivity index (χ1) is 4.64. The van der Waals surface area contributed by atoms with E-state index in [1.807, 2.05) is 0 Å². The zero-order valence-electron chi connectivity index (χ0n) is 6.84. The van der Waals surface area contributed by atoms with E-state index in [1.54, 1.807) is 7.05 Å². The smallest absolute Gasteiger partial charge is 0.0911 e. The topological polar surface area (TPSA) is 26.3 Å². The first kappa shape index (κ1) is 7.98. The number of nitrogens with zero attached hydrogens (tertiary/aromatic N) is 2. The third kappa shape index (κ3) is 1.94. The summed E-state index contributed by atoms with van der Waals surface area (Å²) in [4.78, 5) is 2.32. The number of likely N-dealkylation sites (N-methyl/N-ethyl adjacent to an activating group) is 2. The summed E-state index contributed by atoms with van der Waals surface area (Å²) in [5.41, 5.74) is 0. The van der Waals surface area contributed by atoms with E-state index in [0.717, 1.165) is 32.7 Å². The Morgan fingerprint density at radius 2 is 1.90 bits per heavy atom. The highest BCUT2D eigenvalue weighted by Gasteiger charge is 2.19. The molecule has 0 amide bonds. The molecule has 60 valence electrons. The third-order valence-corrected chi connectivity index (χ3v) is 2.23. The summed E-state index contributed by atoms with van der Waals surface area (Å²) in [7, 11) is 1.76. The SMILES string of the molecule is CCN1CC[N+](C)([O-])CC1. The number of hydrogen-bond donors (Lipinski definition) is 0. The molecule has 0 spiro atoms. The Kier molecular flexibility index (Phi) is 2.28. The first-order valence-electron chi connectivity index (χ1n) is 3.92. The van der Waals surface area contributed by atoms with E-state index >= 15 is 0 Å². The molecular weight excluding hydrogens is 128 g/mol. The van der Waals surface area contributed by atoms with Crippen molar-refractivity contribution in [3.63, 3.8) is 0 Å². The fourth-order valence-corrected chi connectivity index (χ4v) is 1.25. The van der Waals surface area contributed by atoms with Gasteiger partial charge in [-0.3, -0.25) is 4.90 Å². The maximum absolute atomic E-state index is 11.3. The van der Waals surface area contributed by atoms with Crippen LogP contribution in [0.1, 0.15) is 6.92 Å². The van der Waals surface area contributed by atoms with Crippen LogP contribution in [0, 0.1) is 5.21 Å². The van der Waals surface area contributed by atoms with Crippen LogP contribution in [0.2, 0.25) is 0 Å². The number of hydroxylamine groups is 3. The molecule has 0 N–H and O–H groups in total. The van der Waals surface area contributed by atoms with Crippen LogP contribution in [-0.2, 0) is 0 Å². The molecule has 0 bridgehead atoms. The van der Waals surface area contributed by atoms with Gasteiger partial charge in [-0.2, -0.15) is 0 Å². The van der Waals surface area contributed by atoms with Crippen molar-refractivity contribution in [2.75, 3.05) is 39.8 Å². The predicted octanol–water partition coefficient (Wildman–Crippen LogP) is 0.266. The van der Waals surface area contributed by atoms with Crippen molar-refractivity contribution in [1.82, 2.24) is 4.90 Å². The van der Waals surface area contributed by atoms with Crippen LogP contribution in [-0.4, -0.2) is 49.3 Å². The van der Waals surface area contributed by atoms with Gasteiger partial charge in [-0.1, -0.05) is 6.92 Å². The molecule has 0 aromatic rings. The van der Waals surface area contributed by atoms with Gasteiger partial charge in [-0.05, 0) is 6.54 Å². The monoisotopic (exact) mass is 144 g/mol. The average molecular weight is 144 g/mol. The minimum absolute atomic E-state index is 0.0451. The Balaban J connectivity index is 2.31. The van der Waals surface area contributed by atoms with Gasteiger partial charge < -0.3 is 9.85 Å². The Bertz CT molecular complexity index is 104. The van der Waals surface area contributed by atoms with Crippen LogP contribution >= 0.6 is 0 Å². The minimum Gasteiger partial charge on any atom is -0.633 e. The molecule has 0 aliphatic carbocycles. The summed E-state index contributed by atoms with van der Waals surface area (Å²) >= 11 is 0. The highest BCUT2D eigenvalue weighted by atomic mass is 16.5. The standard InChI is InChI=1S/C7H16N2O/c1-3-8-4-6-9(2,10)7-5-8/h3-7H2,1-2H3. The molecule has 1 aliphatic rings. The molecule has 1 heterocycles. The molecule has 1 saturated heterocycles. The highest BCUT2D eigenvalue weighted by molar-refractivity contribution is 4.60. The van der Waals surface area contributed by atoms with Gasteiger partial charge in [0.05, 0.1) is 20.1 Å². The van der Waals surface area contributed by atoms with Crippen molar-refractivity contribution in [2.45, 2.75) is 6.92 Å².